The second kappa shape index (κ2) is 9.23. The fourth-order valence-corrected chi connectivity index (χ4v) is 3.14. The molecule has 0 bridgehead atoms. The van der Waals surface area contributed by atoms with Crippen LogP contribution in [0.2, 0.25) is 0 Å². The van der Waals surface area contributed by atoms with Crippen LogP contribution in [-0.4, -0.2) is 44.5 Å². The van der Waals surface area contributed by atoms with Crippen molar-refractivity contribution < 1.29 is 13.2 Å². The lowest BCUT2D eigenvalue weighted by Gasteiger charge is -2.19. The number of sulfone groups is 1. The van der Waals surface area contributed by atoms with Crippen LogP contribution >= 0.6 is 0 Å². The van der Waals surface area contributed by atoms with Crippen molar-refractivity contribution in [2.24, 2.45) is 0 Å². The monoisotopic (exact) mass is 342 g/mol. The van der Waals surface area contributed by atoms with Crippen LogP contribution in [0.5, 0.6) is 0 Å². The molecule has 23 heavy (non-hydrogen) atoms. The van der Waals surface area contributed by atoms with Gasteiger partial charge in [0, 0.05) is 25.2 Å². The van der Waals surface area contributed by atoms with Crippen molar-refractivity contribution in [3.05, 3.63) is 23.8 Å². The summed E-state index contributed by atoms with van der Waals surface area (Å²) in [6, 6.07) is 0. The fourth-order valence-electron chi connectivity index (χ4n) is 2.12. The van der Waals surface area contributed by atoms with Crippen LogP contribution in [0.15, 0.2) is 23.8 Å². The van der Waals surface area contributed by atoms with Crippen molar-refractivity contribution in [2.75, 3.05) is 25.4 Å². The predicted octanol–water partition coefficient (Wildman–Crippen LogP) is 1.96. The molecule has 0 aromatic rings. The van der Waals surface area contributed by atoms with E-state index in [2.05, 4.69) is 10.6 Å². The molecule has 1 amide bonds. The third-order valence-electron chi connectivity index (χ3n) is 3.82. The topological polar surface area (TPSA) is 75.3 Å². The molecular weight excluding hydrogens is 312 g/mol. The molecule has 132 valence electrons. The van der Waals surface area contributed by atoms with Crippen LogP contribution in [0.4, 0.5) is 0 Å². The van der Waals surface area contributed by atoms with Gasteiger partial charge in [0.05, 0.1) is 10.5 Å². The summed E-state index contributed by atoms with van der Waals surface area (Å²) in [6.07, 6.45) is 10.2. The van der Waals surface area contributed by atoms with Crippen LogP contribution in [0.1, 0.15) is 46.5 Å². The smallest absolute Gasteiger partial charge is 0.250 e. The first-order chi connectivity index (χ1) is 10.7. The van der Waals surface area contributed by atoms with E-state index in [9.17, 15) is 13.2 Å². The molecule has 1 rings (SSSR count). The molecule has 0 saturated heterocycles. The zero-order valence-electron chi connectivity index (χ0n) is 14.5. The highest BCUT2D eigenvalue weighted by Gasteiger charge is 2.27. The van der Waals surface area contributed by atoms with Crippen molar-refractivity contribution >= 4 is 15.7 Å². The van der Waals surface area contributed by atoms with E-state index in [1.165, 1.54) is 6.42 Å². The maximum Gasteiger partial charge on any atom is 0.250 e. The van der Waals surface area contributed by atoms with E-state index in [1.807, 2.05) is 18.2 Å². The van der Waals surface area contributed by atoms with E-state index >= 15 is 0 Å². The summed E-state index contributed by atoms with van der Waals surface area (Å²) in [5, 5.41) is 5.92. The predicted molar refractivity (Wildman–Crippen MR) is 95.1 cm³/mol. The molecule has 0 heterocycles. The van der Waals surface area contributed by atoms with Crippen LogP contribution < -0.4 is 10.6 Å². The molecule has 5 nitrogen and oxygen atoms in total. The first kappa shape index (κ1) is 19.9. The first-order valence-corrected chi connectivity index (χ1v) is 9.97. The summed E-state index contributed by atoms with van der Waals surface area (Å²) in [5.74, 6) is 0.0467. The highest BCUT2D eigenvalue weighted by atomic mass is 32.2. The Kier molecular flexibility index (Phi) is 7.99. The summed E-state index contributed by atoms with van der Waals surface area (Å²) < 4.78 is 23.1. The molecule has 0 fully saturated rings. The Labute approximate surface area is 140 Å². The zero-order chi connectivity index (χ0) is 17.3. The molecule has 0 spiro atoms. The molecule has 0 radical (unpaired) electrons. The number of carbonyl (C=O) groups is 1. The molecule has 0 atom stereocenters. The van der Waals surface area contributed by atoms with E-state index in [1.54, 1.807) is 20.8 Å². The largest absolute Gasteiger partial charge is 0.351 e. The van der Waals surface area contributed by atoms with Crippen molar-refractivity contribution in [3.8, 4) is 0 Å². The van der Waals surface area contributed by atoms with Crippen molar-refractivity contribution in [1.82, 2.24) is 10.6 Å². The molecule has 2 N–H and O–H groups in total. The van der Waals surface area contributed by atoms with E-state index in [-0.39, 0.29) is 11.7 Å². The van der Waals surface area contributed by atoms with Gasteiger partial charge >= 0.3 is 0 Å². The van der Waals surface area contributed by atoms with Gasteiger partial charge in [-0.1, -0.05) is 18.2 Å². The lowest BCUT2D eigenvalue weighted by molar-refractivity contribution is -0.117. The normalized spacial score (nSPS) is 16.4. The number of rotatable bonds is 7. The molecule has 0 saturated carbocycles. The van der Waals surface area contributed by atoms with Gasteiger partial charge in [-0.25, -0.2) is 8.42 Å². The number of carbonyl (C=O) groups excluding carboxylic acids is 1. The van der Waals surface area contributed by atoms with Crippen LogP contribution in [-0.2, 0) is 14.6 Å². The molecular formula is C17H30N2O3S. The summed E-state index contributed by atoms with van der Waals surface area (Å²) in [5.41, 5.74) is 0.722. The average Bonchev–Trinajstić information content (AvgIpc) is 2.40. The van der Waals surface area contributed by atoms with Gasteiger partial charge in [-0.15, -0.1) is 0 Å². The maximum atomic E-state index is 12.0. The Balaban J connectivity index is 2.23. The van der Waals surface area contributed by atoms with E-state index < -0.39 is 14.6 Å². The molecule has 0 unspecified atom stereocenters. The number of amides is 1. The number of hydrogen-bond acceptors (Lipinski definition) is 4. The Hall–Kier alpha value is -1.14. The number of nitrogens with one attached hydrogen (secondary N) is 2. The van der Waals surface area contributed by atoms with Crippen molar-refractivity contribution in [1.29, 1.82) is 0 Å². The molecule has 0 aliphatic heterocycles. The third-order valence-corrected chi connectivity index (χ3v) is 6.42. The minimum absolute atomic E-state index is 0.0627. The Morgan fingerprint density at radius 2 is 1.83 bits per heavy atom. The molecule has 6 heteroatoms. The standard InChI is InChI=1S/C17H30N2O3S/c1-17(2,3)23(21,22)14-13-18-11-12-19-16(20)15-9-7-5-4-6-8-10-15/h7,9-10,18H,4-6,8,11-14H2,1-3H3,(H,19,20). The number of allylic oxidation sites excluding steroid dienone is 2. The number of hydrogen-bond donors (Lipinski definition) is 2. The van der Waals surface area contributed by atoms with E-state index in [0.717, 1.165) is 24.8 Å². The van der Waals surface area contributed by atoms with Crippen molar-refractivity contribution in [2.45, 2.75) is 51.2 Å². The third kappa shape index (κ3) is 7.31. The van der Waals surface area contributed by atoms with E-state index in [0.29, 0.717) is 19.6 Å². The van der Waals surface area contributed by atoms with Gasteiger partial charge in [0.2, 0.25) is 0 Å². The minimum atomic E-state index is -3.09. The van der Waals surface area contributed by atoms with Gasteiger partial charge in [0.15, 0.2) is 9.84 Å². The minimum Gasteiger partial charge on any atom is -0.351 e. The summed E-state index contributed by atoms with van der Waals surface area (Å²) in [7, 11) is -3.09. The molecule has 1 aliphatic carbocycles. The first-order valence-electron chi connectivity index (χ1n) is 8.32. The second-order valence-electron chi connectivity index (χ2n) is 6.78. The summed E-state index contributed by atoms with van der Waals surface area (Å²) >= 11 is 0. The van der Waals surface area contributed by atoms with Crippen LogP contribution in [0.3, 0.4) is 0 Å². The Morgan fingerprint density at radius 1 is 1.13 bits per heavy atom. The zero-order valence-corrected chi connectivity index (χ0v) is 15.3. The SMILES string of the molecule is CC(C)(C)S(=O)(=O)CCNCCNC(=O)C1=CCCCCC=C1. The molecule has 1 aliphatic rings. The van der Waals surface area contributed by atoms with Gasteiger partial charge in [-0.2, -0.15) is 0 Å². The van der Waals surface area contributed by atoms with Gasteiger partial charge in [-0.05, 0) is 46.5 Å². The lowest BCUT2D eigenvalue weighted by atomic mass is 10.1. The van der Waals surface area contributed by atoms with Gasteiger partial charge < -0.3 is 10.6 Å². The summed E-state index contributed by atoms with van der Waals surface area (Å²) in [4.78, 5) is 12.0. The van der Waals surface area contributed by atoms with Gasteiger partial charge in [0.1, 0.15) is 0 Å². The molecule has 0 aromatic heterocycles. The Bertz CT molecular complexity index is 543. The highest BCUT2D eigenvalue weighted by Crippen LogP contribution is 2.15. The van der Waals surface area contributed by atoms with Crippen LogP contribution in [0.25, 0.3) is 0 Å². The second-order valence-corrected chi connectivity index (χ2v) is 9.65. The lowest BCUT2D eigenvalue weighted by Crippen LogP contribution is -2.37. The van der Waals surface area contributed by atoms with Crippen LogP contribution in [0, 0.1) is 0 Å². The van der Waals surface area contributed by atoms with Gasteiger partial charge in [-0.3, -0.25) is 4.79 Å². The highest BCUT2D eigenvalue weighted by molar-refractivity contribution is 7.92. The van der Waals surface area contributed by atoms with Gasteiger partial charge in [0.25, 0.3) is 5.91 Å². The van der Waals surface area contributed by atoms with Crippen molar-refractivity contribution in [3.63, 3.8) is 0 Å². The Morgan fingerprint density at radius 3 is 2.52 bits per heavy atom. The van der Waals surface area contributed by atoms with E-state index in [4.69, 9.17) is 0 Å². The average molecular weight is 343 g/mol. The quantitative estimate of drug-likeness (QED) is 0.694. The fraction of sp³-hybridized carbons (Fsp3) is 0.706. The molecule has 0 aromatic carbocycles. The summed E-state index contributed by atoms with van der Waals surface area (Å²) in [6.45, 7) is 6.57. The maximum absolute atomic E-state index is 12.0.